The molecule has 1 aliphatic rings. The van der Waals surface area contributed by atoms with Gasteiger partial charge in [0.05, 0.1) is 6.26 Å². The zero-order valence-electron chi connectivity index (χ0n) is 11.0. The Hall–Kier alpha value is -0.800. The maximum atomic E-state index is 5.37. The zero-order chi connectivity index (χ0) is 12.1. The number of nitrogens with one attached hydrogen (secondary N) is 1. The standard InChI is InChI=1S/C14H24N2O/c1-12(10-14-7-5-9-17-14)15-11-13-6-3-4-8-16(13)2/h5,7,9,12-13,15H,3-4,6,8,10-11H2,1-2H3. The molecule has 0 bridgehead atoms. The van der Waals surface area contributed by atoms with Crippen LogP contribution in [-0.4, -0.2) is 37.1 Å². The molecule has 0 aliphatic carbocycles. The largest absolute Gasteiger partial charge is 0.469 e. The molecule has 0 aromatic carbocycles. The second-order valence-corrected chi connectivity index (χ2v) is 5.22. The summed E-state index contributed by atoms with van der Waals surface area (Å²) in [5.41, 5.74) is 0. The van der Waals surface area contributed by atoms with Gasteiger partial charge >= 0.3 is 0 Å². The van der Waals surface area contributed by atoms with Gasteiger partial charge in [-0.1, -0.05) is 6.42 Å². The van der Waals surface area contributed by atoms with Gasteiger partial charge in [0.2, 0.25) is 0 Å². The first-order valence-corrected chi connectivity index (χ1v) is 6.71. The Labute approximate surface area is 104 Å². The van der Waals surface area contributed by atoms with Crippen LogP contribution < -0.4 is 5.32 Å². The van der Waals surface area contributed by atoms with Crippen LogP contribution in [0.2, 0.25) is 0 Å². The van der Waals surface area contributed by atoms with Gasteiger partial charge in [-0.25, -0.2) is 0 Å². The van der Waals surface area contributed by atoms with Crippen LogP contribution in [-0.2, 0) is 6.42 Å². The van der Waals surface area contributed by atoms with Crippen LogP contribution in [0.25, 0.3) is 0 Å². The number of piperidine rings is 1. The van der Waals surface area contributed by atoms with Crippen molar-refractivity contribution >= 4 is 0 Å². The summed E-state index contributed by atoms with van der Waals surface area (Å²) < 4.78 is 5.37. The fourth-order valence-electron chi connectivity index (χ4n) is 2.54. The van der Waals surface area contributed by atoms with E-state index < -0.39 is 0 Å². The molecule has 1 fully saturated rings. The molecular formula is C14H24N2O. The maximum Gasteiger partial charge on any atom is 0.105 e. The molecule has 0 spiro atoms. The van der Waals surface area contributed by atoms with Gasteiger partial charge < -0.3 is 14.6 Å². The Bertz CT molecular complexity index is 310. The fourth-order valence-corrected chi connectivity index (χ4v) is 2.54. The van der Waals surface area contributed by atoms with Crippen molar-refractivity contribution in [3.05, 3.63) is 24.2 Å². The zero-order valence-corrected chi connectivity index (χ0v) is 11.0. The number of likely N-dealkylation sites (N-methyl/N-ethyl adjacent to an activating group) is 1. The molecule has 0 radical (unpaired) electrons. The molecule has 1 saturated heterocycles. The molecule has 0 saturated carbocycles. The van der Waals surface area contributed by atoms with Gasteiger partial charge in [-0.2, -0.15) is 0 Å². The van der Waals surface area contributed by atoms with E-state index in [1.165, 1.54) is 25.8 Å². The van der Waals surface area contributed by atoms with Gasteiger partial charge in [0, 0.05) is 25.0 Å². The molecule has 2 rings (SSSR count). The number of nitrogens with zero attached hydrogens (tertiary/aromatic N) is 1. The van der Waals surface area contributed by atoms with Crippen LogP contribution in [0.4, 0.5) is 0 Å². The van der Waals surface area contributed by atoms with E-state index in [0.717, 1.165) is 18.7 Å². The van der Waals surface area contributed by atoms with Crippen LogP contribution in [0.15, 0.2) is 22.8 Å². The molecule has 1 aliphatic heterocycles. The van der Waals surface area contributed by atoms with Crippen LogP contribution >= 0.6 is 0 Å². The highest BCUT2D eigenvalue weighted by Gasteiger charge is 2.19. The summed E-state index contributed by atoms with van der Waals surface area (Å²) in [6.07, 6.45) is 6.79. The lowest BCUT2D eigenvalue weighted by molar-refractivity contribution is 0.178. The molecule has 0 amide bonds. The van der Waals surface area contributed by atoms with Crippen molar-refractivity contribution in [2.24, 2.45) is 0 Å². The molecule has 2 unspecified atom stereocenters. The van der Waals surface area contributed by atoms with Crippen molar-refractivity contribution < 1.29 is 4.42 Å². The summed E-state index contributed by atoms with van der Waals surface area (Å²) in [5.74, 6) is 1.07. The first-order chi connectivity index (χ1) is 8.25. The summed E-state index contributed by atoms with van der Waals surface area (Å²) in [6.45, 7) is 4.57. The van der Waals surface area contributed by atoms with Gasteiger partial charge in [0.25, 0.3) is 0 Å². The Morgan fingerprint density at radius 3 is 3.12 bits per heavy atom. The Morgan fingerprint density at radius 2 is 2.41 bits per heavy atom. The highest BCUT2D eigenvalue weighted by Crippen LogP contribution is 2.14. The number of hydrogen-bond donors (Lipinski definition) is 1. The maximum absolute atomic E-state index is 5.37. The lowest BCUT2D eigenvalue weighted by atomic mass is 10.0. The molecule has 3 heteroatoms. The highest BCUT2D eigenvalue weighted by atomic mass is 16.3. The number of furan rings is 1. The number of likely N-dealkylation sites (tertiary alicyclic amines) is 1. The molecule has 1 aromatic heterocycles. The molecule has 3 nitrogen and oxygen atoms in total. The van der Waals surface area contributed by atoms with Crippen molar-refractivity contribution in [2.45, 2.75) is 44.7 Å². The van der Waals surface area contributed by atoms with Crippen molar-refractivity contribution in [1.82, 2.24) is 10.2 Å². The minimum atomic E-state index is 0.483. The second-order valence-electron chi connectivity index (χ2n) is 5.22. The highest BCUT2D eigenvalue weighted by molar-refractivity contribution is 5.00. The molecule has 17 heavy (non-hydrogen) atoms. The van der Waals surface area contributed by atoms with E-state index >= 15 is 0 Å². The van der Waals surface area contributed by atoms with Crippen molar-refractivity contribution in [1.29, 1.82) is 0 Å². The number of hydrogen-bond acceptors (Lipinski definition) is 3. The summed E-state index contributed by atoms with van der Waals surface area (Å²) in [4.78, 5) is 2.48. The minimum Gasteiger partial charge on any atom is -0.469 e. The van der Waals surface area contributed by atoms with Gasteiger partial charge in [-0.05, 0) is 45.5 Å². The fraction of sp³-hybridized carbons (Fsp3) is 0.714. The van der Waals surface area contributed by atoms with Crippen molar-refractivity contribution in [3.63, 3.8) is 0 Å². The number of rotatable bonds is 5. The minimum absolute atomic E-state index is 0.483. The van der Waals surface area contributed by atoms with Crippen molar-refractivity contribution in [2.75, 3.05) is 20.1 Å². The van der Waals surface area contributed by atoms with E-state index in [2.05, 4.69) is 24.2 Å². The first kappa shape index (κ1) is 12.7. The van der Waals surface area contributed by atoms with E-state index in [0.29, 0.717) is 12.1 Å². The summed E-state index contributed by atoms with van der Waals surface area (Å²) in [6, 6.07) is 5.20. The van der Waals surface area contributed by atoms with Gasteiger partial charge in [-0.3, -0.25) is 0 Å². The van der Waals surface area contributed by atoms with E-state index in [9.17, 15) is 0 Å². The van der Waals surface area contributed by atoms with Crippen molar-refractivity contribution in [3.8, 4) is 0 Å². The summed E-state index contributed by atoms with van der Waals surface area (Å²) >= 11 is 0. The lowest BCUT2D eigenvalue weighted by Crippen LogP contribution is -2.45. The van der Waals surface area contributed by atoms with E-state index in [1.807, 2.05) is 12.1 Å². The third-order valence-corrected chi connectivity index (χ3v) is 3.71. The van der Waals surface area contributed by atoms with Crippen LogP contribution in [0, 0.1) is 0 Å². The Kier molecular flexibility index (Phi) is 4.63. The molecule has 96 valence electrons. The van der Waals surface area contributed by atoms with E-state index in [-0.39, 0.29) is 0 Å². The average molecular weight is 236 g/mol. The van der Waals surface area contributed by atoms with Gasteiger partial charge in [0.15, 0.2) is 0 Å². The summed E-state index contributed by atoms with van der Waals surface area (Å²) in [7, 11) is 2.24. The first-order valence-electron chi connectivity index (χ1n) is 6.71. The molecule has 2 atom stereocenters. The predicted molar refractivity (Wildman–Crippen MR) is 70.1 cm³/mol. The predicted octanol–water partition coefficient (Wildman–Crippen LogP) is 2.28. The average Bonchev–Trinajstić information content (AvgIpc) is 2.81. The van der Waals surface area contributed by atoms with Crippen LogP contribution in [0.5, 0.6) is 0 Å². The van der Waals surface area contributed by atoms with Crippen LogP contribution in [0.3, 0.4) is 0 Å². The van der Waals surface area contributed by atoms with E-state index in [1.54, 1.807) is 6.26 Å². The molecule has 1 N–H and O–H groups in total. The normalized spacial score (nSPS) is 23.8. The molecule has 2 heterocycles. The lowest BCUT2D eigenvalue weighted by Gasteiger charge is -2.33. The monoisotopic (exact) mass is 236 g/mol. The van der Waals surface area contributed by atoms with Gasteiger partial charge in [0.1, 0.15) is 5.76 Å². The van der Waals surface area contributed by atoms with E-state index in [4.69, 9.17) is 4.42 Å². The summed E-state index contributed by atoms with van der Waals surface area (Å²) in [5, 5.41) is 3.62. The Balaban J connectivity index is 1.70. The van der Waals surface area contributed by atoms with Gasteiger partial charge in [-0.15, -0.1) is 0 Å². The molecular weight excluding hydrogens is 212 g/mol. The Morgan fingerprint density at radius 1 is 1.53 bits per heavy atom. The molecule has 1 aromatic rings. The SMILES string of the molecule is CC(Cc1ccco1)NCC1CCCCN1C. The topological polar surface area (TPSA) is 28.4 Å². The van der Waals surface area contributed by atoms with Crippen LogP contribution in [0.1, 0.15) is 31.9 Å². The quantitative estimate of drug-likeness (QED) is 0.850. The smallest absolute Gasteiger partial charge is 0.105 e. The third-order valence-electron chi connectivity index (χ3n) is 3.71. The third kappa shape index (κ3) is 3.86. The second kappa shape index (κ2) is 6.22.